The number of carbonyl (C=O) groups excluding carboxylic acids is 2. The summed E-state index contributed by atoms with van der Waals surface area (Å²) in [6.07, 6.45) is 1.02. The molecule has 2 aromatic rings. The Hall–Kier alpha value is -2.78. The third-order valence-electron chi connectivity index (χ3n) is 5.47. The van der Waals surface area contributed by atoms with Crippen LogP contribution in [0.2, 0.25) is 0 Å². The molecule has 3 rings (SSSR count). The molecule has 31 heavy (non-hydrogen) atoms. The number of carbonyl (C=O) groups is 2. The molecule has 2 aromatic carbocycles. The molecule has 1 saturated heterocycles. The molecule has 0 radical (unpaired) electrons. The summed E-state index contributed by atoms with van der Waals surface area (Å²) in [5, 5.41) is 2.78. The summed E-state index contributed by atoms with van der Waals surface area (Å²) < 4.78 is 38.6. The Morgan fingerprint density at radius 1 is 1.16 bits per heavy atom. The van der Waals surface area contributed by atoms with Crippen molar-refractivity contribution in [3.63, 3.8) is 0 Å². The van der Waals surface area contributed by atoms with Crippen molar-refractivity contribution in [3.8, 4) is 0 Å². The second-order valence-electron chi connectivity index (χ2n) is 8.13. The van der Waals surface area contributed by atoms with Gasteiger partial charge in [0.15, 0.2) is 0 Å². The predicted octanol–water partition coefficient (Wildman–Crippen LogP) is 2.13. The molecule has 166 valence electrons. The summed E-state index contributed by atoms with van der Waals surface area (Å²) >= 11 is 0. The van der Waals surface area contributed by atoms with Crippen molar-refractivity contribution in [1.82, 2.24) is 9.62 Å². The van der Waals surface area contributed by atoms with Crippen molar-refractivity contribution in [2.24, 2.45) is 0 Å². The van der Waals surface area contributed by atoms with Crippen molar-refractivity contribution >= 4 is 27.5 Å². The van der Waals surface area contributed by atoms with Gasteiger partial charge in [0.1, 0.15) is 11.4 Å². The van der Waals surface area contributed by atoms with E-state index in [2.05, 4.69) is 5.32 Å². The number of rotatable bonds is 5. The normalized spacial score (nSPS) is 20.0. The zero-order chi connectivity index (χ0) is 23.0. The van der Waals surface area contributed by atoms with Crippen LogP contribution in [0.25, 0.3) is 0 Å². The van der Waals surface area contributed by atoms with Crippen LogP contribution >= 0.6 is 0 Å². The summed E-state index contributed by atoms with van der Waals surface area (Å²) in [5.74, 6) is -1.37. The van der Waals surface area contributed by atoms with Gasteiger partial charge >= 0.3 is 0 Å². The van der Waals surface area contributed by atoms with Gasteiger partial charge in [-0.2, -0.15) is 4.31 Å². The Kier molecular flexibility index (Phi) is 6.20. The van der Waals surface area contributed by atoms with E-state index < -0.39 is 27.4 Å². The average molecular weight is 448 g/mol. The minimum absolute atomic E-state index is 0.114. The molecule has 0 spiro atoms. The highest BCUT2D eigenvalue weighted by Gasteiger charge is 2.50. The van der Waals surface area contributed by atoms with Gasteiger partial charge in [-0.1, -0.05) is 24.3 Å². The van der Waals surface area contributed by atoms with E-state index in [0.29, 0.717) is 11.3 Å². The first-order valence-electron chi connectivity index (χ1n) is 9.80. The topological polar surface area (TPSA) is 86.8 Å². The number of nitrogens with zero attached hydrogens (tertiary/aromatic N) is 2. The largest absolute Gasteiger partial charge is 0.350 e. The van der Waals surface area contributed by atoms with E-state index in [1.807, 2.05) is 32.0 Å². The maximum atomic E-state index is 13.4. The average Bonchev–Trinajstić information content (AvgIpc) is 2.68. The standard InChI is InChI=1S/C22H26FN3O4S/c1-15-5-6-16(2)19(11-15)26-20(27)13-25(31(4,29)30)14-22(26,3)21(28)24-12-17-7-9-18(23)10-8-17/h5-11H,12-14H2,1-4H3,(H,24,28)/t22-/m1/s1. The molecular weight excluding hydrogens is 421 g/mol. The number of hydrogen-bond donors (Lipinski definition) is 1. The quantitative estimate of drug-likeness (QED) is 0.761. The van der Waals surface area contributed by atoms with Crippen LogP contribution in [-0.2, 0) is 26.2 Å². The smallest absolute Gasteiger partial charge is 0.247 e. The van der Waals surface area contributed by atoms with Crippen molar-refractivity contribution in [1.29, 1.82) is 0 Å². The Labute approximate surface area is 181 Å². The number of piperazine rings is 1. The van der Waals surface area contributed by atoms with E-state index in [4.69, 9.17) is 0 Å². The lowest BCUT2D eigenvalue weighted by atomic mass is 9.93. The Morgan fingerprint density at radius 3 is 2.42 bits per heavy atom. The minimum Gasteiger partial charge on any atom is -0.350 e. The zero-order valence-electron chi connectivity index (χ0n) is 18.0. The Balaban J connectivity index is 1.99. The number of nitrogens with one attached hydrogen (secondary N) is 1. The Bertz CT molecular complexity index is 1120. The van der Waals surface area contributed by atoms with Gasteiger partial charge in [0.2, 0.25) is 21.8 Å². The highest BCUT2D eigenvalue weighted by molar-refractivity contribution is 7.88. The first-order chi connectivity index (χ1) is 14.4. The molecule has 1 N–H and O–H groups in total. The number of amides is 2. The highest BCUT2D eigenvalue weighted by atomic mass is 32.2. The summed E-state index contributed by atoms with van der Waals surface area (Å²) in [4.78, 5) is 27.9. The number of halogens is 1. The Morgan fingerprint density at radius 2 is 1.81 bits per heavy atom. The first-order valence-corrected chi connectivity index (χ1v) is 11.6. The van der Waals surface area contributed by atoms with Gasteiger partial charge in [0.25, 0.3) is 0 Å². The van der Waals surface area contributed by atoms with E-state index in [-0.39, 0.29) is 25.5 Å². The van der Waals surface area contributed by atoms with Gasteiger partial charge in [-0.3, -0.25) is 14.5 Å². The molecule has 9 heteroatoms. The van der Waals surface area contributed by atoms with Crippen LogP contribution in [0.1, 0.15) is 23.6 Å². The van der Waals surface area contributed by atoms with Crippen LogP contribution in [0, 0.1) is 19.7 Å². The fourth-order valence-corrected chi connectivity index (χ4v) is 4.54. The van der Waals surface area contributed by atoms with E-state index in [9.17, 15) is 22.4 Å². The second-order valence-corrected chi connectivity index (χ2v) is 10.1. The van der Waals surface area contributed by atoms with Crippen molar-refractivity contribution in [2.75, 3.05) is 24.2 Å². The van der Waals surface area contributed by atoms with Gasteiger partial charge in [0.05, 0.1) is 12.8 Å². The SMILES string of the molecule is Cc1ccc(C)c(N2C(=O)CN(S(C)(=O)=O)C[C@]2(C)C(=O)NCc2ccc(F)cc2)c1. The molecule has 1 heterocycles. The molecule has 0 bridgehead atoms. The highest BCUT2D eigenvalue weighted by Crippen LogP contribution is 2.33. The predicted molar refractivity (Wildman–Crippen MR) is 116 cm³/mol. The lowest BCUT2D eigenvalue weighted by molar-refractivity contribution is -0.133. The summed E-state index contributed by atoms with van der Waals surface area (Å²) in [7, 11) is -3.69. The van der Waals surface area contributed by atoms with Crippen LogP contribution in [-0.4, -0.2) is 49.4 Å². The zero-order valence-corrected chi connectivity index (χ0v) is 18.8. The van der Waals surface area contributed by atoms with Crippen LogP contribution in [0.4, 0.5) is 10.1 Å². The summed E-state index contributed by atoms with van der Waals surface area (Å²) in [6.45, 7) is 4.87. The molecule has 1 aliphatic heterocycles. The molecule has 1 fully saturated rings. The van der Waals surface area contributed by atoms with Gasteiger partial charge in [-0.05, 0) is 55.7 Å². The lowest BCUT2D eigenvalue weighted by Crippen LogP contribution is -2.70. The number of hydrogen-bond acceptors (Lipinski definition) is 4. The number of anilines is 1. The van der Waals surface area contributed by atoms with E-state index >= 15 is 0 Å². The van der Waals surface area contributed by atoms with E-state index in [1.54, 1.807) is 19.1 Å². The molecule has 0 aliphatic carbocycles. The van der Waals surface area contributed by atoms with Gasteiger partial charge < -0.3 is 5.32 Å². The van der Waals surface area contributed by atoms with Crippen LogP contribution in [0.5, 0.6) is 0 Å². The van der Waals surface area contributed by atoms with Crippen LogP contribution in [0.15, 0.2) is 42.5 Å². The monoisotopic (exact) mass is 447 g/mol. The third-order valence-corrected chi connectivity index (χ3v) is 6.67. The molecular formula is C22H26FN3O4S. The van der Waals surface area contributed by atoms with Crippen LogP contribution < -0.4 is 10.2 Å². The van der Waals surface area contributed by atoms with Gasteiger partial charge in [-0.25, -0.2) is 12.8 Å². The van der Waals surface area contributed by atoms with Crippen molar-refractivity contribution in [3.05, 3.63) is 65.0 Å². The van der Waals surface area contributed by atoms with Crippen LogP contribution in [0.3, 0.4) is 0 Å². The van der Waals surface area contributed by atoms with Gasteiger partial charge in [0, 0.05) is 18.8 Å². The molecule has 0 unspecified atom stereocenters. The van der Waals surface area contributed by atoms with Crippen molar-refractivity contribution in [2.45, 2.75) is 32.9 Å². The fraction of sp³-hybridized carbons (Fsp3) is 0.364. The van der Waals surface area contributed by atoms with Gasteiger partial charge in [-0.15, -0.1) is 0 Å². The lowest BCUT2D eigenvalue weighted by Gasteiger charge is -2.47. The summed E-state index contributed by atoms with van der Waals surface area (Å²) in [5.41, 5.74) is 1.48. The first kappa shape index (κ1) is 22.9. The number of sulfonamides is 1. The number of aryl methyl sites for hydroxylation is 2. The third kappa shape index (κ3) is 4.77. The molecule has 1 aliphatic rings. The molecule has 0 saturated carbocycles. The number of benzene rings is 2. The molecule has 1 atom stereocenters. The summed E-state index contributed by atoms with van der Waals surface area (Å²) in [6, 6.07) is 11.3. The second kappa shape index (κ2) is 8.39. The van der Waals surface area contributed by atoms with E-state index in [0.717, 1.165) is 21.7 Å². The molecule has 0 aromatic heterocycles. The minimum atomic E-state index is -3.69. The molecule has 7 nitrogen and oxygen atoms in total. The van der Waals surface area contributed by atoms with E-state index in [1.165, 1.54) is 17.0 Å². The maximum absolute atomic E-state index is 13.4. The fourth-order valence-electron chi connectivity index (χ4n) is 3.71. The maximum Gasteiger partial charge on any atom is 0.247 e. The van der Waals surface area contributed by atoms with Crippen molar-refractivity contribution < 1.29 is 22.4 Å². The molecule has 2 amide bonds.